The van der Waals surface area contributed by atoms with Crippen molar-refractivity contribution in [3.05, 3.63) is 107 Å². The average Bonchev–Trinajstić information content (AvgIpc) is 2.79. The molecule has 152 valence electrons. The van der Waals surface area contributed by atoms with Crippen molar-refractivity contribution in [2.45, 2.75) is 19.4 Å². The summed E-state index contributed by atoms with van der Waals surface area (Å²) in [5.74, 6) is -1.09. The molecule has 5 heteroatoms. The maximum absolute atomic E-state index is 12.4. The van der Waals surface area contributed by atoms with Gasteiger partial charge in [0, 0.05) is 17.7 Å². The lowest BCUT2D eigenvalue weighted by Crippen LogP contribution is -2.36. The van der Waals surface area contributed by atoms with Crippen molar-refractivity contribution in [3.8, 4) is 0 Å². The number of carbonyl (C=O) groups is 3. The van der Waals surface area contributed by atoms with Crippen LogP contribution in [0.15, 0.2) is 84.9 Å². The largest absolute Gasteiger partial charge is 0.449 e. The number of ketones is 1. The van der Waals surface area contributed by atoms with E-state index in [0.29, 0.717) is 24.1 Å². The molecule has 3 rings (SSSR count). The van der Waals surface area contributed by atoms with E-state index in [1.165, 1.54) is 19.1 Å². The molecule has 1 N–H and O–H groups in total. The van der Waals surface area contributed by atoms with Gasteiger partial charge in [-0.2, -0.15) is 0 Å². The lowest BCUT2D eigenvalue weighted by atomic mass is 10.0. The Balaban J connectivity index is 1.51. The van der Waals surface area contributed by atoms with Gasteiger partial charge in [0.1, 0.15) is 0 Å². The van der Waals surface area contributed by atoms with Gasteiger partial charge in [-0.25, -0.2) is 4.79 Å². The summed E-state index contributed by atoms with van der Waals surface area (Å²) in [5.41, 5.74) is 2.45. The normalized spacial score (nSPS) is 11.4. The van der Waals surface area contributed by atoms with Gasteiger partial charge in [0.15, 0.2) is 11.9 Å². The van der Waals surface area contributed by atoms with Crippen molar-refractivity contribution in [2.75, 3.05) is 6.54 Å². The number of ether oxygens (including phenoxy) is 1. The van der Waals surface area contributed by atoms with Gasteiger partial charge in [0.2, 0.25) is 0 Å². The van der Waals surface area contributed by atoms with Crippen LogP contribution < -0.4 is 5.32 Å². The summed E-state index contributed by atoms with van der Waals surface area (Å²) in [4.78, 5) is 36.9. The van der Waals surface area contributed by atoms with Crippen LogP contribution in [-0.2, 0) is 16.0 Å². The number of carbonyl (C=O) groups excluding carboxylic acids is 3. The first kappa shape index (κ1) is 21.0. The van der Waals surface area contributed by atoms with Crippen LogP contribution in [-0.4, -0.2) is 30.3 Å². The van der Waals surface area contributed by atoms with E-state index in [1.54, 1.807) is 36.4 Å². The third kappa shape index (κ3) is 5.64. The maximum Gasteiger partial charge on any atom is 0.338 e. The van der Waals surface area contributed by atoms with Crippen LogP contribution in [0.4, 0.5) is 0 Å². The van der Waals surface area contributed by atoms with Gasteiger partial charge in [-0.3, -0.25) is 9.59 Å². The van der Waals surface area contributed by atoms with E-state index in [2.05, 4.69) is 5.32 Å². The van der Waals surface area contributed by atoms with Gasteiger partial charge in [-0.1, -0.05) is 72.8 Å². The van der Waals surface area contributed by atoms with Crippen LogP contribution in [0.25, 0.3) is 0 Å². The minimum atomic E-state index is -0.918. The molecule has 3 aromatic rings. The van der Waals surface area contributed by atoms with Gasteiger partial charge in [0.05, 0.1) is 5.56 Å². The van der Waals surface area contributed by atoms with Gasteiger partial charge in [0.25, 0.3) is 5.91 Å². The molecule has 30 heavy (non-hydrogen) atoms. The molecule has 0 aliphatic heterocycles. The Hall–Kier alpha value is -3.73. The first-order valence-electron chi connectivity index (χ1n) is 9.77. The van der Waals surface area contributed by atoms with E-state index in [-0.39, 0.29) is 17.3 Å². The molecule has 0 saturated heterocycles. The van der Waals surface area contributed by atoms with Crippen molar-refractivity contribution < 1.29 is 19.1 Å². The summed E-state index contributed by atoms with van der Waals surface area (Å²) in [6.45, 7) is 1.99. The first-order valence-corrected chi connectivity index (χ1v) is 9.77. The van der Waals surface area contributed by atoms with Crippen LogP contribution >= 0.6 is 0 Å². The van der Waals surface area contributed by atoms with Gasteiger partial charge in [-0.05, 0) is 31.0 Å². The van der Waals surface area contributed by atoms with Crippen LogP contribution in [0.3, 0.4) is 0 Å². The third-order valence-corrected chi connectivity index (χ3v) is 4.63. The highest BCUT2D eigenvalue weighted by molar-refractivity contribution is 6.09. The molecular formula is C25H23NO4. The summed E-state index contributed by atoms with van der Waals surface area (Å²) in [6.07, 6.45) is -0.219. The monoisotopic (exact) mass is 401 g/mol. The fraction of sp³-hybridized carbons (Fsp3) is 0.160. The lowest BCUT2D eigenvalue weighted by molar-refractivity contribution is -0.129. The zero-order valence-corrected chi connectivity index (χ0v) is 16.7. The molecule has 0 saturated carbocycles. The molecule has 0 aromatic heterocycles. The summed E-state index contributed by atoms with van der Waals surface area (Å²) in [7, 11) is 0. The second kappa shape index (κ2) is 10.2. The van der Waals surface area contributed by atoms with Crippen LogP contribution in [0.2, 0.25) is 0 Å². The molecule has 0 bridgehead atoms. The van der Waals surface area contributed by atoms with Crippen molar-refractivity contribution in [1.82, 2.24) is 5.32 Å². The average molecular weight is 401 g/mol. The Morgan fingerprint density at radius 3 is 1.93 bits per heavy atom. The maximum atomic E-state index is 12.4. The first-order chi connectivity index (χ1) is 14.5. The predicted molar refractivity (Wildman–Crippen MR) is 114 cm³/mol. The molecule has 5 nitrogen and oxygen atoms in total. The summed E-state index contributed by atoms with van der Waals surface area (Å²) in [6, 6.07) is 24.9. The minimum Gasteiger partial charge on any atom is -0.449 e. The summed E-state index contributed by atoms with van der Waals surface area (Å²) >= 11 is 0. The summed E-state index contributed by atoms with van der Waals surface area (Å²) < 4.78 is 5.25. The molecule has 0 heterocycles. The predicted octanol–water partition coefficient (Wildman–Crippen LogP) is 3.82. The number of hydrogen-bond donors (Lipinski definition) is 1. The number of benzene rings is 3. The van der Waals surface area contributed by atoms with E-state index >= 15 is 0 Å². The number of hydrogen-bond acceptors (Lipinski definition) is 4. The Bertz CT molecular complexity index is 998. The van der Waals surface area contributed by atoms with E-state index < -0.39 is 12.1 Å². The Morgan fingerprint density at radius 2 is 1.30 bits per heavy atom. The zero-order valence-electron chi connectivity index (χ0n) is 16.7. The van der Waals surface area contributed by atoms with Crippen molar-refractivity contribution in [1.29, 1.82) is 0 Å². The number of nitrogens with one attached hydrogen (secondary N) is 1. The van der Waals surface area contributed by atoms with Crippen LogP contribution in [0.1, 0.15) is 38.8 Å². The minimum absolute atomic E-state index is 0.123. The number of rotatable bonds is 8. The topological polar surface area (TPSA) is 72.5 Å². The van der Waals surface area contributed by atoms with Crippen LogP contribution in [0.5, 0.6) is 0 Å². The van der Waals surface area contributed by atoms with E-state index in [9.17, 15) is 14.4 Å². The SMILES string of the molecule is C[C@@H](OC(=O)c1ccc(C(=O)c2ccccc2)cc1)C(=O)NCCc1ccccc1. The highest BCUT2D eigenvalue weighted by Gasteiger charge is 2.19. The third-order valence-electron chi connectivity index (χ3n) is 4.63. The Labute approximate surface area is 175 Å². The van der Waals surface area contributed by atoms with Crippen molar-refractivity contribution >= 4 is 17.7 Å². The number of esters is 1. The van der Waals surface area contributed by atoms with E-state index in [1.807, 2.05) is 36.4 Å². The fourth-order valence-corrected chi connectivity index (χ4v) is 2.91. The van der Waals surface area contributed by atoms with Gasteiger partial charge < -0.3 is 10.1 Å². The summed E-state index contributed by atoms with van der Waals surface area (Å²) in [5, 5.41) is 2.77. The Kier molecular flexibility index (Phi) is 7.11. The standard InChI is InChI=1S/C25H23NO4/c1-18(24(28)26-17-16-19-8-4-2-5-9-19)30-25(29)22-14-12-21(13-15-22)23(27)20-10-6-3-7-11-20/h2-15,18H,16-17H2,1H3,(H,26,28)/t18-/m1/s1. The fourth-order valence-electron chi connectivity index (χ4n) is 2.91. The molecule has 0 radical (unpaired) electrons. The van der Waals surface area contributed by atoms with Crippen molar-refractivity contribution in [3.63, 3.8) is 0 Å². The smallest absolute Gasteiger partial charge is 0.338 e. The molecule has 0 aliphatic rings. The van der Waals surface area contributed by atoms with Gasteiger partial charge in [-0.15, -0.1) is 0 Å². The Morgan fingerprint density at radius 1 is 0.767 bits per heavy atom. The molecule has 3 aromatic carbocycles. The molecule has 0 fully saturated rings. The second-order valence-electron chi connectivity index (χ2n) is 6.85. The van der Waals surface area contributed by atoms with E-state index in [4.69, 9.17) is 4.74 Å². The molecule has 0 unspecified atom stereocenters. The second-order valence-corrected chi connectivity index (χ2v) is 6.85. The molecule has 0 spiro atoms. The molecule has 0 aliphatic carbocycles. The molecule has 1 amide bonds. The van der Waals surface area contributed by atoms with Crippen molar-refractivity contribution in [2.24, 2.45) is 0 Å². The highest BCUT2D eigenvalue weighted by atomic mass is 16.5. The van der Waals surface area contributed by atoms with Gasteiger partial charge >= 0.3 is 5.97 Å². The zero-order chi connectivity index (χ0) is 21.3. The molecule has 1 atom stereocenters. The van der Waals surface area contributed by atoms with E-state index in [0.717, 1.165) is 5.56 Å². The highest BCUT2D eigenvalue weighted by Crippen LogP contribution is 2.12. The quantitative estimate of drug-likeness (QED) is 0.460. The van der Waals surface area contributed by atoms with Crippen LogP contribution in [0, 0.1) is 0 Å². The molecular weight excluding hydrogens is 378 g/mol. The lowest BCUT2D eigenvalue weighted by Gasteiger charge is -2.13. The number of amides is 1.